The number of nitrogens with zero attached hydrogens (tertiary/aromatic N) is 1. The van der Waals surface area contributed by atoms with Crippen molar-refractivity contribution in [3.05, 3.63) is 0 Å². The number of ether oxygens (including phenoxy) is 1. The first-order chi connectivity index (χ1) is 14.1. The van der Waals surface area contributed by atoms with Gasteiger partial charge in [0.2, 0.25) is 5.91 Å². The average molecular weight is 419 g/mol. The highest BCUT2D eigenvalue weighted by Gasteiger charge is 2.61. The fourth-order valence-electron chi connectivity index (χ4n) is 8.48. The monoisotopic (exact) mass is 418 g/mol. The number of likely N-dealkylation sites (tertiary alicyclic amines) is 1. The van der Waals surface area contributed by atoms with Gasteiger partial charge in [0, 0.05) is 31.5 Å². The van der Waals surface area contributed by atoms with Crippen molar-refractivity contribution in [1.29, 1.82) is 0 Å². The van der Waals surface area contributed by atoms with Crippen LogP contribution in [-0.4, -0.2) is 42.1 Å². The van der Waals surface area contributed by atoms with Gasteiger partial charge in [-0.05, 0) is 94.3 Å². The first kappa shape index (κ1) is 22.0. The van der Waals surface area contributed by atoms with Crippen molar-refractivity contribution in [1.82, 2.24) is 10.2 Å². The van der Waals surface area contributed by atoms with Crippen LogP contribution in [0.4, 0.5) is 4.79 Å². The molecule has 0 radical (unpaired) electrons. The molecule has 3 aliphatic carbocycles. The summed E-state index contributed by atoms with van der Waals surface area (Å²) in [7, 11) is 2.03. The van der Waals surface area contributed by atoms with Crippen LogP contribution in [0, 0.1) is 34.5 Å². The maximum absolute atomic E-state index is 12.3. The number of alkyl carbamates (subject to hydrolysis) is 1. The highest BCUT2D eigenvalue weighted by atomic mass is 16.6. The molecule has 3 saturated carbocycles. The summed E-state index contributed by atoms with van der Waals surface area (Å²) in [4.78, 5) is 26.6. The lowest BCUT2D eigenvalue weighted by Gasteiger charge is -2.62. The zero-order chi connectivity index (χ0) is 21.8. The van der Waals surface area contributed by atoms with Crippen LogP contribution < -0.4 is 5.32 Å². The minimum absolute atomic E-state index is 0.0411. The summed E-state index contributed by atoms with van der Waals surface area (Å²) in [6.45, 7) is 11.0. The second kappa shape index (κ2) is 7.70. The highest BCUT2D eigenvalue weighted by Crippen LogP contribution is 2.66. The van der Waals surface area contributed by atoms with E-state index in [9.17, 15) is 9.59 Å². The molecule has 1 aliphatic heterocycles. The van der Waals surface area contributed by atoms with E-state index in [0.29, 0.717) is 24.3 Å². The Morgan fingerprint density at radius 2 is 1.73 bits per heavy atom. The number of carbonyl (C=O) groups is 2. The molecular formula is C25H42N2O3. The SMILES string of the molecule is CC(C)NC(=O)OC(C)[C@H]1CC[C@H]2[C@@H]3CCC4N(C)C(=O)CC[C@]4(C)[C@H]3CC[C@]12C. The molecule has 8 atom stereocenters. The van der Waals surface area contributed by atoms with Crippen LogP contribution in [0.15, 0.2) is 0 Å². The van der Waals surface area contributed by atoms with Gasteiger partial charge in [0.15, 0.2) is 0 Å². The Morgan fingerprint density at radius 3 is 2.43 bits per heavy atom. The maximum atomic E-state index is 12.3. The van der Waals surface area contributed by atoms with Crippen molar-refractivity contribution in [2.75, 3.05) is 7.05 Å². The Balaban J connectivity index is 1.50. The molecule has 5 nitrogen and oxygen atoms in total. The molecule has 0 spiro atoms. The molecule has 0 aromatic heterocycles. The van der Waals surface area contributed by atoms with Crippen molar-refractivity contribution in [2.24, 2.45) is 34.5 Å². The summed E-state index contributed by atoms with van der Waals surface area (Å²) in [6.07, 6.45) is 8.77. The summed E-state index contributed by atoms with van der Waals surface area (Å²) in [6, 6.07) is 0.520. The topological polar surface area (TPSA) is 58.6 Å². The molecular weight excluding hydrogens is 376 g/mol. The quantitative estimate of drug-likeness (QED) is 0.702. The number of nitrogens with one attached hydrogen (secondary N) is 1. The third-order valence-electron chi connectivity index (χ3n) is 9.90. The number of hydrogen-bond donors (Lipinski definition) is 1. The van der Waals surface area contributed by atoms with Crippen molar-refractivity contribution < 1.29 is 14.3 Å². The van der Waals surface area contributed by atoms with Gasteiger partial charge < -0.3 is 15.0 Å². The molecule has 4 fully saturated rings. The van der Waals surface area contributed by atoms with Crippen LogP contribution in [-0.2, 0) is 9.53 Å². The fourth-order valence-corrected chi connectivity index (χ4v) is 8.48. The van der Waals surface area contributed by atoms with Gasteiger partial charge in [0.25, 0.3) is 0 Å². The fraction of sp³-hybridized carbons (Fsp3) is 0.920. The molecule has 2 unspecified atom stereocenters. The van der Waals surface area contributed by atoms with E-state index in [1.165, 1.54) is 32.1 Å². The molecule has 0 aromatic carbocycles. The average Bonchev–Trinajstić information content (AvgIpc) is 3.01. The molecule has 5 heteroatoms. The summed E-state index contributed by atoms with van der Waals surface area (Å²) in [5, 5.41) is 2.88. The Labute approximate surface area is 182 Å². The van der Waals surface area contributed by atoms with Gasteiger partial charge >= 0.3 is 6.09 Å². The third-order valence-corrected chi connectivity index (χ3v) is 9.90. The van der Waals surface area contributed by atoms with Crippen molar-refractivity contribution in [2.45, 2.75) is 104 Å². The zero-order valence-corrected chi connectivity index (χ0v) is 19.9. The van der Waals surface area contributed by atoms with Crippen molar-refractivity contribution in [3.8, 4) is 0 Å². The molecule has 170 valence electrons. The second-order valence-corrected chi connectivity index (χ2v) is 11.6. The van der Waals surface area contributed by atoms with Gasteiger partial charge in [-0.3, -0.25) is 4.79 Å². The molecule has 1 saturated heterocycles. The van der Waals surface area contributed by atoms with E-state index in [4.69, 9.17) is 4.74 Å². The molecule has 1 heterocycles. The summed E-state index contributed by atoms with van der Waals surface area (Å²) >= 11 is 0. The van der Waals surface area contributed by atoms with Gasteiger partial charge in [-0.25, -0.2) is 4.79 Å². The largest absolute Gasteiger partial charge is 0.446 e. The Kier molecular flexibility index (Phi) is 5.64. The molecule has 2 amide bonds. The molecule has 4 rings (SSSR count). The van der Waals surface area contributed by atoms with Gasteiger partial charge in [-0.2, -0.15) is 0 Å². The van der Waals surface area contributed by atoms with E-state index >= 15 is 0 Å². The number of hydrogen-bond acceptors (Lipinski definition) is 3. The Hall–Kier alpha value is -1.26. The summed E-state index contributed by atoms with van der Waals surface area (Å²) in [5.74, 6) is 2.99. The van der Waals surface area contributed by atoms with Gasteiger partial charge in [0.1, 0.15) is 6.10 Å². The predicted octanol–water partition coefficient (Wildman–Crippen LogP) is 4.99. The first-order valence-corrected chi connectivity index (χ1v) is 12.3. The van der Waals surface area contributed by atoms with E-state index in [1.54, 1.807) is 0 Å². The van der Waals surface area contributed by atoms with Gasteiger partial charge in [-0.1, -0.05) is 13.8 Å². The lowest BCUT2D eigenvalue weighted by molar-refractivity contribution is -0.159. The molecule has 30 heavy (non-hydrogen) atoms. The van der Waals surface area contributed by atoms with Crippen LogP contribution >= 0.6 is 0 Å². The Bertz CT molecular complexity index is 694. The van der Waals surface area contributed by atoms with E-state index < -0.39 is 0 Å². The maximum Gasteiger partial charge on any atom is 0.407 e. The van der Waals surface area contributed by atoms with E-state index in [1.807, 2.05) is 20.9 Å². The van der Waals surface area contributed by atoms with Crippen LogP contribution in [0.1, 0.15) is 86.0 Å². The number of fused-ring (bicyclic) bond motifs is 5. The smallest absolute Gasteiger partial charge is 0.407 e. The van der Waals surface area contributed by atoms with E-state index in [2.05, 4.69) is 31.0 Å². The molecule has 1 N–H and O–H groups in total. The lowest BCUT2D eigenvalue weighted by Crippen LogP contribution is -2.61. The number of rotatable bonds is 3. The van der Waals surface area contributed by atoms with Crippen LogP contribution in [0.25, 0.3) is 0 Å². The molecule has 0 aromatic rings. The zero-order valence-electron chi connectivity index (χ0n) is 19.9. The van der Waals surface area contributed by atoms with E-state index in [-0.39, 0.29) is 29.1 Å². The van der Waals surface area contributed by atoms with E-state index in [0.717, 1.165) is 30.6 Å². The minimum atomic E-state index is -0.277. The van der Waals surface area contributed by atoms with Gasteiger partial charge in [-0.15, -0.1) is 0 Å². The summed E-state index contributed by atoms with van der Waals surface area (Å²) in [5.41, 5.74) is 0.530. The standard InChI is InChI=1S/C25H42N2O3/c1-15(2)26-23(29)30-16(3)18-8-9-19-17-7-10-21-25(5,14-12-22(28)27(21)6)20(17)11-13-24(18,19)4/h15-21H,7-14H2,1-6H3,(H,26,29)/t16?,17-,18+,19-,20-,21?,24+,25+/m0/s1. The molecule has 4 aliphatic rings. The predicted molar refractivity (Wildman–Crippen MR) is 118 cm³/mol. The van der Waals surface area contributed by atoms with Crippen LogP contribution in [0.3, 0.4) is 0 Å². The minimum Gasteiger partial charge on any atom is -0.446 e. The van der Waals surface area contributed by atoms with Crippen LogP contribution in [0.5, 0.6) is 0 Å². The van der Waals surface area contributed by atoms with Crippen molar-refractivity contribution >= 4 is 12.0 Å². The Morgan fingerprint density at radius 1 is 1.03 bits per heavy atom. The van der Waals surface area contributed by atoms with Gasteiger partial charge in [0.05, 0.1) is 0 Å². The first-order valence-electron chi connectivity index (χ1n) is 12.3. The number of amides is 2. The van der Waals surface area contributed by atoms with Crippen LogP contribution in [0.2, 0.25) is 0 Å². The highest BCUT2D eigenvalue weighted by molar-refractivity contribution is 5.77. The number of piperidine rings is 1. The second-order valence-electron chi connectivity index (χ2n) is 11.6. The summed E-state index contributed by atoms with van der Waals surface area (Å²) < 4.78 is 5.83. The van der Waals surface area contributed by atoms with Crippen molar-refractivity contribution in [3.63, 3.8) is 0 Å². The lowest BCUT2D eigenvalue weighted by atomic mass is 9.46. The number of carbonyl (C=O) groups excluding carboxylic acids is 2. The normalized spacial score (nSPS) is 44.2. The third kappa shape index (κ3) is 3.35. The molecule has 0 bridgehead atoms.